The van der Waals surface area contributed by atoms with Gasteiger partial charge in [-0.1, -0.05) is 30.3 Å². The molecule has 1 aromatic heterocycles. The molecular formula is C14H13N5O. The maximum atomic E-state index is 5.60. The fourth-order valence-corrected chi connectivity index (χ4v) is 1.92. The summed E-state index contributed by atoms with van der Waals surface area (Å²) in [4.78, 5) is 12.0. The number of hydrogen-bond acceptors (Lipinski definition) is 6. The Kier molecular flexibility index (Phi) is 3.04. The van der Waals surface area contributed by atoms with Crippen molar-refractivity contribution in [2.75, 3.05) is 18.2 Å². The van der Waals surface area contributed by atoms with Gasteiger partial charge < -0.3 is 15.8 Å². The Hall–Kier alpha value is -2.89. The van der Waals surface area contributed by atoms with Crippen LogP contribution in [0.15, 0.2) is 42.5 Å². The number of ether oxygens (including phenoxy) is 1. The largest absolute Gasteiger partial charge is 0.467 e. The molecule has 3 aromatic rings. The third-order valence-corrected chi connectivity index (χ3v) is 2.82. The summed E-state index contributed by atoms with van der Waals surface area (Å²) >= 11 is 0. The standard InChI is InChI=1S/C14H13N5O/c1-20-14-18-12(15)17-13(19-14)16-11-7-6-9-4-2-3-5-10(9)8-11/h2-8H,1H3,(H3,15,16,17,18,19). The monoisotopic (exact) mass is 267 g/mol. The van der Waals surface area contributed by atoms with E-state index in [1.807, 2.05) is 36.4 Å². The second-order valence-electron chi connectivity index (χ2n) is 4.19. The molecule has 0 bridgehead atoms. The number of nitrogens with one attached hydrogen (secondary N) is 1. The van der Waals surface area contributed by atoms with Gasteiger partial charge in [-0.15, -0.1) is 0 Å². The van der Waals surface area contributed by atoms with E-state index in [4.69, 9.17) is 10.5 Å². The first-order valence-corrected chi connectivity index (χ1v) is 6.06. The van der Waals surface area contributed by atoms with Gasteiger partial charge in [0.2, 0.25) is 11.9 Å². The van der Waals surface area contributed by atoms with E-state index in [-0.39, 0.29) is 12.0 Å². The van der Waals surface area contributed by atoms with Crippen molar-refractivity contribution in [3.8, 4) is 6.01 Å². The predicted octanol–water partition coefficient (Wildman–Crippen LogP) is 2.36. The van der Waals surface area contributed by atoms with E-state index >= 15 is 0 Å². The number of rotatable bonds is 3. The Balaban J connectivity index is 1.94. The molecule has 6 nitrogen and oxygen atoms in total. The van der Waals surface area contributed by atoms with Crippen molar-refractivity contribution in [3.05, 3.63) is 42.5 Å². The lowest BCUT2D eigenvalue weighted by Crippen LogP contribution is -2.05. The zero-order chi connectivity index (χ0) is 13.9. The van der Waals surface area contributed by atoms with E-state index in [1.54, 1.807) is 0 Å². The van der Waals surface area contributed by atoms with Gasteiger partial charge in [0.15, 0.2) is 0 Å². The number of nitrogens with two attached hydrogens (primary N) is 1. The number of anilines is 3. The molecule has 3 N–H and O–H groups in total. The molecule has 0 spiro atoms. The molecule has 0 unspecified atom stereocenters. The average Bonchev–Trinajstić information content (AvgIpc) is 2.46. The summed E-state index contributed by atoms with van der Waals surface area (Å²) in [6, 6.07) is 14.3. The van der Waals surface area contributed by atoms with Crippen LogP contribution in [0.25, 0.3) is 10.8 Å². The van der Waals surface area contributed by atoms with Crippen molar-refractivity contribution >= 4 is 28.4 Å². The van der Waals surface area contributed by atoms with Crippen LogP contribution in [0.3, 0.4) is 0 Å². The van der Waals surface area contributed by atoms with E-state index in [0.717, 1.165) is 11.1 Å². The topological polar surface area (TPSA) is 86.0 Å². The zero-order valence-electron chi connectivity index (χ0n) is 10.9. The molecule has 0 amide bonds. The van der Waals surface area contributed by atoms with Crippen LogP contribution in [0.1, 0.15) is 0 Å². The van der Waals surface area contributed by atoms with Crippen LogP contribution in [0, 0.1) is 0 Å². The highest BCUT2D eigenvalue weighted by Gasteiger charge is 2.05. The van der Waals surface area contributed by atoms with E-state index < -0.39 is 0 Å². The van der Waals surface area contributed by atoms with Crippen LogP contribution in [-0.2, 0) is 0 Å². The van der Waals surface area contributed by atoms with Crippen molar-refractivity contribution in [1.82, 2.24) is 15.0 Å². The van der Waals surface area contributed by atoms with Crippen molar-refractivity contribution in [3.63, 3.8) is 0 Å². The number of fused-ring (bicyclic) bond motifs is 1. The van der Waals surface area contributed by atoms with E-state index in [0.29, 0.717) is 5.95 Å². The Bertz CT molecular complexity index is 759. The molecule has 0 radical (unpaired) electrons. The fourth-order valence-electron chi connectivity index (χ4n) is 1.92. The summed E-state index contributed by atoms with van der Waals surface area (Å²) in [7, 11) is 1.48. The molecule has 0 aliphatic carbocycles. The van der Waals surface area contributed by atoms with E-state index in [9.17, 15) is 0 Å². The first-order valence-electron chi connectivity index (χ1n) is 6.06. The molecule has 0 aliphatic rings. The first-order chi connectivity index (χ1) is 9.74. The quantitative estimate of drug-likeness (QED) is 0.757. The van der Waals surface area contributed by atoms with Crippen LogP contribution in [-0.4, -0.2) is 22.1 Å². The van der Waals surface area contributed by atoms with Gasteiger partial charge in [-0.05, 0) is 22.9 Å². The summed E-state index contributed by atoms with van der Waals surface area (Å²) in [5.74, 6) is 0.463. The van der Waals surface area contributed by atoms with Crippen molar-refractivity contribution in [2.24, 2.45) is 0 Å². The highest BCUT2D eigenvalue weighted by Crippen LogP contribution is 2.21. The van der Waals surface area contributed by atoms with Gasteiger partial charge in [-0.25, -0.2) is 0 Å². The highest BCUT2D eigenvalue weighted by atomic mass is 16.5. The number of nitrogens with zero attached hydrogens (tertiary/aromatic N) is 3. The molecule has 0 atom stereocenters. The van der Waals surface area contributed by atoms with Crippen LogP contribution >= 0.6 is 0 Å². The summed E-state index contributed by atoms with van der Waals surface area (Å²) in [5.41, 5.74) is 6.47. The van der Waals surface area contributed by atoms with Crippen molar-refractivity contribution < 1.29 is 4.74 Å². The lowest BCUT2D eigenvalue weighted by atomic mass is 10.1. The minimum absolute atomic E-state index is 0.111. The van der Waals surface area contributed by atoms with Crippen LogP contribution in [0.2, 0.25) is 0 Å². The Morgan fingerprint density at radius 1 is 1.00 bits per heavy atom. The number of hydrogen-bond donors (Lipinski definition) is 2. The Labute approximate surface area is 115 Å². The SMILES string of the molecule is COc1nc(N)nc(Nc2ccc3ccccc3c2)n1. The molecule has 3 rings (SSSR count). The summed E-state index contributed by atoms with van der Waals surface area (Å²) in [5, 5.41) is 5.39. The van der Waals surface area contributed by atoms with Gasteiger partial charge in [0.05, 0.1) is 7.11 Å². The first kappa shape index (κ1) is 12.2. The number of nitrogen functional groups attached to an aromatic ring is 1. The smallest absolute Gasteiger partial charge is 0.322 e. The van der Waals surface area contributed by atoms with Gasteiger partial charge in [-0.2, -0.15) is 15.0 Å². The van der Waals surface area contributed by atoms with Crippen LogP contribution < -0.4 is 15.8 Å². The van der Waals surface area contributed by atoms with Gasteiger partial charge in [0.1, 0.15) is 0 Å². The van der Waals surface area contributed by atoms with Gasteiger partial charge in [0, 0.05) is 5.69 Å². The molecule has 100 valence electrons. The molecule has 0 aliphatic heterocycles. The third-order valence-electron chi connectivity index (χ3n) is 2.82. The Morgan fingerprint density at radius 3 is 2.60 bits per heavy atom. The van der Waals surface area contributed by atoms with Gasteiger partial charge >= 0.3 is 6.01 Å². The number of aromatic nitrogens is 3. The molecule has 20 heavy (non-hydrogen) atoms. The lowest BCUT2D eigenvalue weighted by Gasteiger charge is -2.07. The van der Waals surface area contributed by atoms with Gasteiger partial charge in [-0.3, -0.25) is 0 Å². The molecule has 6 heteroatoms. The highest BCUT2D eigenvalue weighted by molar-refractivity contribution is 5.86. The third kappa shape index (κ3) is 2.44. The Morgan fingerprint density at radius 2 is 1.80 bits per heavy atom. The molecule has 2 aromatic carbocycles. The van der Waals surface area contributed by atoms with Crippen LogP contribution in [0.5, 0.6) is 6.01 Å². The summed E-state index contributed by atoms with van der Waals surface area (Å²) in [6.45, 7) is 0. The second kappa shape index (κ2) is 5.00. The molecule has 1 heterocycles. The van der Waals surface area contributed by atoms with E-state index in [1.165, 1.54) is 12.5 Å². The molecule has 0 saturated heterocycles. The molecule has 0 fully saturated rings. The maximum absolute atomic E-state index is 5.60. The minimum atomic E-state index is 0.111. The van der Waals surface area contributed by atoms with Gasteiger partial charge in [0.25, 0.3) is 0 Å². The number of benzene rings is 2. The zero-order valence-corrected chi connectivity index (χ0v) is 10.9. The summed E-state index contributed by atoms with van der Waals surface area (Å²) in [6.07, 6.45) is 0. The predicted molar refractivity (Wildman–Crippen MR) is 78.0 cm³/mol. The average molecular weight is 267 g/mol. The fraction of sp³-hybridized carbons (Fsp3) is 0.0714. The molecule has 0 saturated carbocycles. The normalized spacial score (nSPS) is 10.4. The number of methoxy groups -OCH3 is 1. The second-order valence-corrected chi connectivity index (χ2v) is 4.19. The minimum Gasteiger partial charge on any atom is -0.467 e. The summed E-state index contributed by atoms with van der Waals surface area (Å²) < 4.78 is 4.96. The molecular weight excluding hydrogens is 254 g/mol. The lowest BCUT2D eigenvalue weighted by molar-refractivity contribution is 0.380. The van der Waals surface area contributed by atoms with E-state index in [2.05, 4.69) is 26.3 Å². The maximum Gasteiger partial charge on any atom is 0.322 e. The van der Waals surface area contributed by atoms with Crippen LogP contribution in [0.4, 0.5) is 17.6 Å². The van der Waals surface area contributed by atoms with Crippen molar-refractivity contribution in [1.29, 1.82) is 0 Å². The van der Waals surface area contributed by atoms with Crippen molar-refractivity contribution in [2.45, 2.75) is 0 Å².